The largest absolute Gasteiger partial charge is 0.316 e. The number of hydrogen-bond donors (Lipinski definition) is 0. The van der Waals surface area contributed by atoms with Crippen molar-refractivity contribution in [1.82, 2.24) is 4.57 Å². The van der Waals surface area contributed by atoms with E-state index in [1.54, 1.807) is 23.5 Å². The Morgan fingerprint density at radius 2 is 1.75 bits per heavy atom. The normalized spacial score (nSPS) is 12.0. The molecule has 3 aromatic rings. The molecule has 1 aromatic heterocycles. The van der Waals surface area contributed by atoms with E-state index in [1.807, 2.05) is 12.1 Å². The van der Waals surface area contributed by atoms with Crippen LogP contribution < -0.4 is 4.80 Å². The van der Waals surface area contributed by atoms with Crippen LogP contribution in [0.2, 0.25) is 0 Å². The molecule has 2 aromatic carbocycles. The molecule has 0 amide bonds. The van der Waals surface area contributed by atoms with Gasteiger partial charge in [-0.05, 0) is 67.1 Å². The smallest absolute Gasteiger partial charge is 0.269 e. The van der Waals surface area contributed by atoms with Gasteiger partial charge in [-0.3, -0.25) is 10.1 Å². The fourth-order valence-corrected chi connectivity index (χ4v) is 4.09. The maximum Gasteiger partial charge on any atom is 0.269 e. The lowest BCUT2D eigenvalue weighted by Gasteiger charge is -2.11. The molecule has 6 heteroatoms. The molecule has 146 valence electrons. The fraction of sp³-hybridized carbons (Fsp3) is 0.318. The lowest BCUT2D eigenvalue weighted by molar-refractivity contribution is -0.384. The van der Waals surface area contributed by atoms with Crippen LogP contribution in [-0.4, -0.2) is 9.49 Å². The van der Waals surface area contributed by atoms with Crippen molar-refractivity contribution in [3.63, 3.8) is 0 Å². The van der Waals surface area contributed by atoms with E-state index in [4.69, 9.17) is 4.99 Å². The van der Waals surface area contributed by atoms with E-state index < -0.39 is 0 Å². The number of non-ortho nitro benzene ring substituents is 1. The highest BCUT2D eigenvalue weighted by molar-refractivity contribution is 7.07. The van der Waals surface area contributed by atoms with Crippen LogP contribution in [0.5, 0.6) is 0 Å². The second-order valence-corrected chi connectivity index (χ2v) is 8.34. The number of thiazole rings is 1. The number of nitrogens with zero attached hydrogens (tertiary/aromatic N) is 3. The number of hydrogen-bond acceptors (Lipinski definition) is 4. The molecule has 5 nitrogen and oxygen atoms in total. The molecule has 0 unspecified atom stereocenters. The standard InChI is InChI=1S/C22H25N3O2S/c1-15(2)9-10-24-21(18-5-7-20(8-6-18)25(26)27)14-28-22(24)23-19-12-16(3)11-17(4)13-19/h5-8,11-15H,9-10H2,1-4H3. The van der Waals surface area contributed by atoms with Crippen molar-refractivity contribution in [2.75, 3.05) is 0 Å². The zero-order valence-electron chi connectivity index (χ0n) is 16.7. The van der Waals surface area contributed by atoms with Crippen LogP contribution in [0.15, 0.2) is 52.8 Å². The Morgan fingerprint density at radius 3 is 2.32 bits per heavy atom. The molecule has 0 radical (unpaired) electrons. The second-order valence-electron chi connectivity index (χ2n) is 7.50. The number of aryl methyl sites for hydroxylation is 2. The van der Waals surface area contributed by atoms with Crippen molar-refractivity contribution in [1.29, 1.82) is 0 Å². The summed E-state index contributed by atoms with van der Waals surface area (Å²) in [5.74, 6) is 0.575. The van der Waals surface area contributed by atoms with Gasteiger partial charge in [-0.1, -0.05) is 19.9 Å². The third-order valence-electron chi connectivity index (χ3n) is 4.53. The first-order valence-electron chi connectivity index (χ1n) is 9.39. The molecule has 0 saturated heterocycles. The van der Waals surface area contributed by atoms with Crippen LogP contribution in [0.3, 0.4) is 0 Å². The van der Waals surface area contributed by atoms with Gasteiger partial charge in [0.05, 0.1) is 16.3 Å². The number of benzene rings is 2. The Balaban J connectivity index is 2.08. The van der Waals surface area contributed by atoms with E-state index in [0.29, 0.717) is 5.92 Å². The Hall–Kier alpha value is -2.73. The minimum Gasteiger partial charge on any atom is -0.316 e. The third-order valence-corrected chi connectivity index (χ3v) is 5.40. The van der Waals surface area contributed by atoms with E-state index in [9.17, 15) is 10.1 Å². The second kappa shape index (κ2) is 8.52. The highest BCUT2D eigenvalue weighted by atomic mass is 32.1. The van der Waals surface area contributed by atoms with Gasteiger partial charge in [0.1, 0.15) is 0 Å². The maximum atomic E-state index is 10.9. The minimum absolute atomic E-state index is 0.104. The molecule has 0 aliphatic heterocycles. The fourth-order valence-electron chi connectivity index (χ4n) is 3.13. The van der Waals surface area contributed by atoms with Crippen LogP contribution in [0.25, 0.3) is 11.3 Å². The van der Waals surface area contributed by atoms with Crippen LogP contribution >= 0.6 is 11.3 Å². The van der Waals surface area contributed by atoms with Crippen molar-refractivity contribution in [3.05, 3.63) is 73.9 Å². The van der Waals surface area contributed by atoms with Gasteiger partial charge in [0, 0.05) is 24.1 Å². The lowest BCUT2D eigenvalue weighted by atomic mass is 10.1. The van der Waals surface area contributed by atoms with Gasteiger partial charge in [0.15, 0.2) is 4.80 Å². The number of aromatic nitrogens is 1. The molecule has 0 fully saturated rings. The summed E-state index contributed by atoms with van der Waals surface area (Å²) in [6.07, 6.45) is 1.04. The lowest BCUT2D eigenvalue weighted by Crippen LogP contribution is -2.17. The molecule has 0 N–H and O–H groups in total. The molecule has 0 spiro atoms. The Morgan fingerprint density at radius 1 is 1.11 bits per heavy atom. The zero-order chi connectivity index (χ0) is 20.3. The maximum absolute atomic E-state index is 10.9. The highest BCUT2D eigenvalue weighted by Gasteiger charge is 2.11. The SMILES string of the molecule is Cc1cc(C)cc(N=c2scc(-c3ccc([N+](=O)[O-])cc3)n2CCC(C)C)c1. The summed E-state index contributed by atoms with van der Waals surface area (Å²) in [5, 5.41) is 13.0. The first-order valence-corrected chi connectivity index (χ1v) is 10.3. The Kier molecular flexibility index (Phi) is 6.09. The predicted octanol–water partition coefficient (Wildman–Crippen LogP) is 6.02. The van der Waals surface area contributed by atoms with Crippen LogP contribution in [-0.2, 0) is 6.54 Å². The average Bonchev–Trinajstić information content (AvgIpc) is 3.01. The minimum atomic E-state index is -0.370. The molecule has 1 heterocycles. The summed E-state index contributed by atoms with van der Waals surface area (Å²) in [6, 6.07) is 13.1. The summed E-state index contributed by atoms with van der Waals surface area (Å²) >= 11 is 1.60. The van der Waals surface area contributed by atoms with E-state index in [1.165, 1.54) is 11.1 Å². The molecule has 0 atom stereocenters. The van der Waals surface area contributed by atoms with Gasteiger partial charge in [-0.15, -0.1) is 11.3 Å². The van der Waals surface area contributed by atoms with E-state index in [2.05, 4.69) is 55.8 Å². The summed E-state index contributed by atoms with van der Waals surface area (Å²) < 4.78 is 2.23. The monoisotopic (exact) mass is 395 g/mol. The number of nitro groups is 1. The molecule has 0 saturated carbocycles. The first kappa shape index (κ1) is 20.0. The van der Waals surface area contributed by atoms with Crippen LogP contribution in [0, 0.1) is 29.9 Å². The Bertz CT molecular complexity index is 1030. The average molecular weight is 396 g/mol. The van der Waals surface area contributed by atoms with Gasteiger partial charge in [-0.25, -0.2) is 4.99 Å². The molecule has 0 bridgehead atoms. The van der Waals surface area contributed by atoms with Crippen molar-refractivity contribution in [3.8, 4) is 11.3 Å². The number of rotatable bonds is 6. The Labute approximate surface area is 169 Å². The van der Waals surface area contributed by atoms with Gasteiger partial charge in [0.25, 0.3) is 5.69 Å². The summed E-state index contributed by atoms with van der Waals surface area (Å²) in [6.45, 7) is 9.43. The topological polar surface area (TPSA) is 60.4 Å². The van der Waals surface area contributed by atoms with Crippen molar-refractivity contribution in [2.45, 2.75) is 40.7 Å². The van der Waals surface area contributed by atoms with Crippen LogP contribution in [0.1, 0.15) is 31.4 Å². The van der Waals surface area contributed by atoms with Crippen LogP contribution in [0.4, 0.5) is 11.4 Å². The van der Waals surface area contributed by atoms with Crippen molar-refractivity contribution < 1.29 is 4.92 Å². The van der Waals surface area contributed by atoms with Crippen molar-refractivity contribution >= 4 is 22.7 Å². The predicted molar refractivity (Wildman–Crippen MR) is 115 cm³/mol. The van der Waals surface area contributed by atoms with Gasteiger partial charge in [-0.2, -0.15) is 0 Å². The summed E-state index contributed by atoms with van der Waals surface area (Å²) in [7, 11) is 0. The molecule has 0 aliphatic carbocycles. The molecule has 0 aliphatic rings. The van der Waals surface area contributed by atoms with Gasteiger partial charge < -0.3 is 4.57 Å². The van der Waals surface area contributed by atoms with Crippen molar-refractivity contribution in [2.24, 2.45) is 10.9 Å². The van der Waals surface area contributed by atoms with E-state index in [-0.39, 0.29) is 10.6 Å². The number of nitro benzene ring substituents is 1. The third kappa shape index (κ3) is 4.75. The highest BCUT2D eigenvalue weighted by Crippen LogP contribution is 2.24. The summed E-state index contributed by atoms with van der Waals surface area (Å²) in [5.41, 5.74) is 5.45. The zero-order valence-corrected chi connectivity index (χ0v) is 17.5. The first-order chi connectivity index (χ1) is 13.3. The molecule has 28 heavy (non-hydrogen) atoms. The molecular formula is C22H25N3O2S. The quantitative estimate of drug-likeness (QED) is 0.378. The van der Waals surface area contributed by atoms with E-state index in [0.717, 1.165) is 34.7 Å². The summed E-state index contributed by atoms with van der Waals surface area (Å²) in [4.78, 5) is 16.4. The van der Waals surface area contributed by atoms with Gasteiger partial charge in [0.2, 0.25) is 0 Å². The molecular weight excluding hydrogens is 370 g/mol. The van der Waals surface area contributed by atoms with Gasteiger partial charge >= 0.3 is 0 Å². The molecule has 3 rings (SSSR count). The van der Waals surface area contributed by atoms with E-state index >= 15 is 0 Å².